The Kier molecular flexibility index (Phi) is 3.98. The van der Waals surface area contributed by atoms with Gasteiger partial charge in [0.15, 0.2) is 0 Å². The lowest BCUT2D eigenvalue weighted by atomic mass is 9.79. The third-order valence-corrected chi connectivity index (χ3v) is 4.03. The molecule has 0 bridgehead atoms. The van der Waals surface area contributed by atoms with E-state index in [2.05, 4.69) is 27.8 Å². The van der Waals surface area contributed by atoms with Crippen molar-refractivity contribution >= 4 is 15.9 Å². The van der Waals surface area contributed by atoms with E-state index in [0.29, 0.717) is 5.92 Å². The van der Waals surface area contributed by atoms with Crippen molar-refractivity contribution in [2.45, 2.75) is 38.7 Å². The van der Waals surface area contributed by atoms with Gasteiger partial charge in [-0.2, -0.15) is 0 Å². The fourth-order valence-corrected chi connectivity index (χ4v) is 2.64. The second-order valence-electron chi connectivity index (χ2n) is 4.87. The molecule has 1 unspecified atom stereocenters. The van der Waals surface area contributed by atoms with Crippen LogP contribution in [0.2, 0.25) is 0 Å². The van der Waals surface area contributed by atoms with Gasteiger partial charge in [0.2, 0.25) is 0 Å². The van der Waals surface area contributed by atoms with Crippen LogP contribution >= 0.6 is 15.9 Å². The molecule has 0 radical (unpaired) electrons. The first kappa shape index (κ1) is 12.1. The van der Waals surface area contributed by atoms with E-state index in [1.807, 2.05) is 12.1 Å². The maximum atomic E-state index is 10.2. The summed E-state index contributed by atoms with van der Waals surface area (Å²) >= 11 is 3.35. The monoisotopic (exact) mass is 283 g/mol. The molecule has 1 saturated carbocycles. The Bertz CT molecular complexity index is 330. The van der Waals surface area contributed by atoms with Gasteiger partial charge in [0, 0.05) is 10.7 Å². The SMILES string of the molecule is CC1CCC(C(O)c2ccc(Br)cn2)CC1. The van der Waals surface area contributed by atoms with Crippen LogP contribution in [0.3, 0.4) is 0 Å². The molecule has 1 N–H and O–H groups in total. The minimum absolute atomic E-state index is 0.388. The van der Waals surface area contributed by atoms with Gasteiger partial charge in [-0.15, -0.1) is 0 Å². The van der Waals surface area contributed by atoms with E-state index in [1.165, 1.54) is 12.8 Å². The van der Waals surface area contributed by atoms with Crippen LogP contribution in [0.4, 0.5) is 0 Å². The number of hydrogen-bond donors (Lipinski definition) is 1. The number of pyridine rings is 1. The topological polar surface area (TPSA) is 33.1 Å². The van der Waals surface area contributed by atoms with Gasteiger partial charge in [-0.25, -0.2) is 0 Å². The summed E-state index contributed by atoms with van der Waals surface area (Å²) < 4.78 is 0.959. The number of nitrogens with zero attached hydrogens (tertiary/aromatic N) is 1. The van der Waals surface area contributed by atoms with E-state index in [0.717, 1.165) is 28.9 Å². The molecule has 0 aromatic carbocycles. The van der Waals surface area contributed by atoms with E-state index < -0.39 is 0 Å². The average molecular weight is 284 g/mol. The second-order valence-corrected chi connectivity index (χ2v) is 5.78. The summed E-state index contributed by atoms with van der Waals surface area (Å²) in [7, 11) is 0. The molecule has 16 heavy (non-hydrogen) atoms. The highest BCUT2D eigenvalue weighted by Gasteiger charge is 2.26. The Labute approximate surface area is 105 Å². The molecule has 1 aromatic heterocycles. The molecule has 2 nitrogen and oxygen atoms in total. The molecule has 1 atom stereocenters. The number of halogens is 1. The smallest absolute Gasteiger partial charge is 0.0987 e. The Hall–Kier alpha value is -0.410. The molecule has 0 spiro atoms. The maximum Gasteiger partial charge on any atom is 0.0987 e. The Morgan fingerprint density at radius 1 is 1.31 bits per heavy atom. The lowest BCUT2D eigenvalue weighted by molar-refractivity contribution is 0.0721. The van der Waals surface area contributed by atoms with Crippen molar-refractivity contribution in [3.05, 3.63) is 28.5 Å². The van der Waals surface area contributed by atoms with Crippen molar-refractivity contribution in [2.75, 3.05) is 0 Å². The molecule has 0 aliphatic heterocycles. The van der Waals surface area contributed by atoms with Gasteiger partial charge >= 0.3 is 0 Å². The number of aliphatic hydroxyl groups excluding tert-OH is 1. The molecule has 1 aromatic rings. The van der Waals surface area contributed by atoms with Gasteiger partial charge in [0.05, 0.1) is 11.8 Å². The van der Waals surface area contributed by atoms with E-state index in [1.54, 1.807) is 6.20 Å². The van der Waals surface area contributed by atoms with Crippen molar-refractivity contribution in [1.82, 2.24) is 4.98 Å². The first-order valence-corrected chi connectivity index (χ1v) is 6.75. The minimum atomic E-state index is -0.388. The lowest BCUT2D eigenvalue weighted by Crippen LogP contribution is -2.19. The molecule has 0 amide bonds. The van der Waals surface area contributed by atoms with Crippen LogP contribution in [0.1, 0.15) is 44.4 Å². The minimum Gasteiger partial charge on any atom is -0.387 e. The van der Waals surface area contributed by atoms with Gasteiger partial charge in [-0.1, -0.05) is 19.8 Å². The number of rotatable bonds is 2. The van der Waals surface area contributed by atoms with Crippen molar-refractivity contribution in [3.63, 3.8) is 0 Å². The zero-order valence-electron chi connectivity index (χ0n) is 9.56. The lowest BCUT2D eigenvalue weighted by Gasteiger charge is -2.29. The quantitative estimate of drug-likeness (QED) is 0.898. The molecular weight excluding hydrogens is 266 g/mol. The molecule has 1 aliphatic rings. The third-order valence-electron chi connectivity index (χ3n) is 3.56. The summed E-state index contributed by atoms with van der Waals surface area (Å²) in [5, 5.41) is 10.2. The predicted octanol–water partition coefficient (Wildman–Crippen LogP) is 3.70. The van der Waals surface area contributed by atoms with E-state index in [-0.39, 0.29) is 6.10 Å². The fraction of sp³-hybridized carbons (Fsp3) is 0.615. The Morgan fingerprint density at radius 2 is 2.00 bits per heavy atom. The highest BCUT2D eigenvalue weighted by atomic mass is 79.9. The molecule has 2 rings (SSSR count). The van der Waals surface area contributed by atoms with E-state index >= 15 is 0 Å². The van der Waals surface area contributed by atoms with Crippen molar-refractivity contribution in [1.29, 1.82) is 0 Å². The Morgan fingerprint density at radius 3 is 2.56 bits per heavy atom. The van der Waals surface area contributed by atoms with E-state index in [4.69, 9.17) is 0 Å². The standard InChI is InChI=1S/C13H18BrNO/c1-9-2-4-10(5-3-9)13(16)12-7-6-11(14)8-15-12/h6-10,13,16H,2-5H2,1H3. The summed E-state index contributed by atoms with van der Waals surface area (Å²) in [6, 6.07) is 3.85. The molecule has 88 valence electrons. The first-order chi connectivity index (χ1) is 7.66. The van der Waals surface area contributed by atoms with Gasteiger partial charge in [0.25, 0.3) is 0 Å². The molecular formula is C13H18BrNO. The fourth-order valence-electron chi connectivity index (χ4n) is 2.41. The second kappa shape index (κ2) is 5.28. The highest BCUT2D eigenvalue weighted by molar-refractivity contribution is 9.10. The summed E-state index contributed by atoms with van der Waals surface area (Å²) in [6.45, 7) is 2.29. The van der Waals surface area contributed by atoms with Crippen molar-refractivity contribution in [2.24, 2.45) is 11.8 Å². The maximum absolute atomic E-state index is 10.2. The summed E-state index contributed by atoms with van der Waals surface area (Å²) in [4.78, 5) is 4.28. The normalized spacial score (nSPS) is 27.7. The summed E-state index contributed by atoms with van der Waals surface area (Å²) in [5.41, 5.74) is 0.808. The van der Waals surface area contributed by atoms with Crippen LogP contribution in [0, 0.1) is 11.8 Å². The molecule has 0 saturated heterocycles. The van der Waals surface area contributed by atoms with Gasteiger partial charge < -0.3 is 5.11 Å². The number of hydrogen-bond acceptors (Lipinski definition) is 2. The van der Waals surface area contributed by atoms with Gasteiger partial charge in [0.1, 0.15) is 0 Å². The van der Waals surface area contributed by atoms with E-state index in [9.17, 15) is 5.11 Å². The van der Waals surface area contributed by atoms with Crippen LogP contribution in [-0.4, -0.2) is 10.1 Å². The molecule has 1 fully saturated rings. The van der Waals surface area contributed by atoms with Crippen LogP contribution in [0.15, 0.2) is 22.8 Å². The van der Waals surface area contributed by atoms with Crippen LogP contribution in [0.5, 0.6) is 0 Å². The summed E-state index contributed by atoms with van der Waals surface area (Å²) in [6.07, 6.45) is 6.08. The van der Waals surface area contributed by atoms with Gasteiger partial charge in [-0.3, -0.25) is 4.98 Å². The molecule has 1 aliphatic carbocycles. The highest BCUT2D eigenvalue weighted by Crippen LogP contribution is 2.36. The third kappa shape index (κ3) is 2.83. The summed E-state index contributed by atoms with van der Waals surface area (Å²) in [5.74, 6) is 1.21. The van der Waals surface area contributed by atoms with Gasteiger partial charge in [-0.05, 0) is 52.7 Å². The largest absolute Gasteiger partial charge is 0.387 e. The number of aromatic nitrogens is 1. The first-order valence-electron chi connectivity index (χ1n) is 5.96. The molecule has 3 heteroatoms. The molecule has 1 heterocycles. The zero-order chi connectivity index (χ0) is 11.5. The van der Waals surface area contributed by atoms with Crippen LogP contribution in [0.25, 0.3) is 0 Å². The van der Waals surface area contributed by atoms with Crippen LogP contribution < -0.4 is 0 Å². The van der Waals surface area contributed by atoms with Crippen molar-refractivity contribution in [3.8, 4) is 0 Å². The zero-order valence-corrected chi connectivity index (χ0v) is 11.2. The average Bonchev–Trinajstić information content (AvgIpc) is 2.30. The Balaban J connectivity index is 2.01. The van der Waals surface area contributed by atoms with Crippen molar-refractivity contribution < 1.29 is 5.11 Å². The number of aliphatic hydroxyl groups is 1. The predicted molar refractivity (Wildman–Crippen MR) is 68.0 cm³/mol. The van der Waals surface area contributed by atoms with Crippen LogP contribution in [-0.2, 0) is 0 Å².